The fourth-order valence-corrected chi connectivity index (χ4v) is 1.32. The van der Waals surface area contributed by atoms with Gasteiger partial charge in [-0.3, -0.25) is 4.79 Å². The zero-order chi connectivity index (χ0) is 11.3. The highest BCUT2D eigenvalue weighted by Crippen LogP contribution is 2.25. The van der Waals surface area contributed by atoms with Gasteiger partial charge in [-0.25, -0.2) is 0 Å². The van der Waals surface area contributed by atoms with Gasteiger partial charge in [-0.2, -0.15) is 0 Å². The number of hydrogen-bond acceptors (Lipinski definition) is 3. The number of benzene rings is 1. The number of hydrogen-bond donors (Lipinski definition) is 1. The second-order valence-corrected chi connectivity index (χ2v) is 3.14. The lowest BCUT2D eigenvalue weighted by atomic mass is 10.1. The van der Waals surface area contributed by atoms with E-state index in [0.29, 0.717) is 12.8 Å². The molecule has 82 valence electrons. The van der Waals surface area contributed by atoms with E-state index in [1.165, 1.54) is 0 Å². The van der Waals surface area contributed by atoms with Gasteiger partial charge in [0.1, 0.15) is 11.5 Å². The Kier molecular flexibility index (Phi) is 3.97. The summed E-state index contributed by atoms with van der Waals surface area (Å²) in [7, 11) is 3.18. The standard InChI is InChI=1S/C11H15NO3/c1-14-9-5-3-8(4-6-11(12)13)10(7-9)15-2/h3,5,7H,4,6H2,1-2H3,(H2,12,13). The van der Waals surface area contributed by atoms with E-state index in [-0.39, 0.29) is 5.91 Å². The molecule has 4 nitrogen and oxygen atoms in total. The number of aryl methyl sites for hydroxylation is 1. The molecule has 0 saturated carbocycles. The fraction of sp³-hybridized carbons (Fsp3) is 0.364. The van der Waals surface area contributed by atoms with Crippen molar-refractivity contribution in [1.29, 1.82) is 0 Å². The van der Waals surface area contributed by atoms with Crippen molar-refractivity contribution in [3.8, 4) is 11.5 Å². The van der Waals surface area contributed by atoms with Crippen molar-refractivity contribution in [2.24, 2.45) is 5.73 Å². The molecule has 1 aromatic rings. The number of primary amides is 1. The lowest BCUT2D eigenvalue weighted by Gasteiger charge is -2.09. The molecule has 1 rings (SSSR count). The number of carbonyl (C=O) groups is 1. The van der Waals surface area contributed by atoms with Gasteiger partial charge in [0, 0.05) is 12.5 Å². The molecule has 0 saturated heterocycles. The summed E-state index contributed by atoms with van der Waals surface area (Å²) in [5.41, 5.74) is 6.04. The Hall–Kier alpha value is -1.71. The fourth-order valence-electron chi connectivity index (χ4n) is 1.32. The van der Waals surface area contributed by atoms with E-state index in [1.54, 1.807) is 20.3 Å². The second-order valence-electron chi connectivity index (χ2n) is 3.14. The van der Waals surface area contributed by atoms with Gasteiger partial charge in [0.05, 0.1) is 14.2 Å². The summed E-state index contributed by atoms with van der Waals surface area (Å²) in [4.78, 5) is 10.7. The molecule has 0 unspecified atom stereocenters. The van der Waals surface area contributed by atoms with Gasteiger partial charge in [0.25, 0.3) is 0 Å². The third-order valence-corrected chi connectivity index (χ3v) is 2.13. The minimum atomic E-state index is -0.312. The summed E-state index contributed by atoms with van der Waals surface area (Å²) in [6.45, 7) is 0. The molecular formula is C11H15NO3. The molecule has 0 atom stereocenters. The van der Waals surface area contributed by atoms with Gasteiger partial charge in [-0.05, 0) is 18.1 Å². The van der Waals surface area contributed by atoms with Crippen LogP contribution in [0.2, 0.25) is 0 Å². The predicted molar refractivity (Wildman–Crippen MR) is 57.1 cm³/mol. The third-order valence-electron chi connectivity index (χ3n) is 2.13. The molecule has 0 aliphatic heterocycles. The van der Waals surface area contributed by atoms with Crippen molar-refractivity contribution in [3.63, 3.8) is 0 Å². The first-order chi connectivity index (χ1) is 7.17. The van der Waals surface area contributed by atoms with E-state index in [1.807, 2.05) is 12.1 Å². The van der Waals surface area contributed by atoms with Gasteiger partial charge in [-0.1, -0.05) is 6.07 Å². The van der Waals surface area contributed by atoms with Crippen LogP contribution in [0.5, 0.6) is 11.5 Å². The van der Waals surface area contributed by atoms with Crippen LogP contribution in [0.15, 0.2) is 18.2 Å². The Morgan fingerprint density at radius 2 is 2.07 bits per heavy atom. The average molecular weight is 209 g/mol. The second kappa shape index (κ2) is 5.24. The summed E-state index contributed by atoms with van der Waals surface area (Å²) in [6, 6.07) is 5.50. The monoisotopic (exact) mass is 209 g/mol. The normalized spacial score (nSPS) is 9.73. The summed E-state index contributed by atoms with van der Waals surface area (Å²) in [6.07, 6.45) is 0.908. The van der Waals surface area contributed by atoms with Gasteiger partial charge in [0.15, 0.2) is 0 Å². The lowest BCUT2D eigenvalue weighted by molar-refractivity contribution is -0.117. The Bertz CT molecular complexity index is 350. The minimum absolute atomic E-state index is 0.312. The van der Waals surface area contributed by atoms with Crippen LogP contribution in [0.4, 0.5) is 0 Å². The molecule has 15 heavy (non-hydrogen) atoms. The smallest absolute Gasteiger partial charge is 0.217 e. The summed E-state index contributed by atoms with van der Waals surface area (Å²) in [5, 5.41) is 0. The lowest BCUT2D eigenvalue weighted by Crippen LogP contribution is -2.11. The van der Waals surface area contributed by atoms with Gasteiger partial charge >= 0.3 is 0 Å². The summed E-state index contributed by atoms with van der Waals surface area (Å²) >= 11 is 0. The zero-order valence-corrected chi connectivity index (χ0v) is 8.95. The van der Waals surface area contributed by atoms with Crippen molar-refractivity contribution in [2.75, 3.05) is 14.2 Å². The van der Waals surface area contributed by atoms with E-state index in [0.717, 1.165) is 17.1 Å². The van der Waals surface area contributed by atoms with Gasteiger partial charge < -0.3 is 15.2 Å². The predicted octanol–water partition coefficient (Wildman–Crippen LogP) is 1.12. The molecule has 1 aromatic carbocycles. The van der Waals surface area contributed by atoms with Crippen molar-refractivity contribution in [3.05, 3.63) is 23.8 Å². The van der Waals surface area contributed by atoms with Gasteiger partial charge in [-0.15, -0.1) is 0 Å². The van der Waals surface area contributed by atoms with E-state index in [4.69, 9.17) is 15.2 Å². The largest absolute Gasteiger partial charge is 0.497 e. The number of amides is 1. The molecule has 0 fully saturated rings. The van der Waals surface area contributed by atoms with E-state index >= 15 is 0 Å². The Morgan fingerprint density at radius 3 is 2.60 bits per heavy atom. The van der Waals surface area contributed by atoms with Crippen LogP contribution in [0.25, 0.3) is 0 Å². The Balaban J connectivity index is 2.82. The maximum Gasteiger partial charge on any atom is 0.217 e. The van der Waals surface area contributed by atoms with E-state index in [2.05, 4.69) is 0 Å². The molecule has 4 heteroatoms. The van der Waals surface area contributed by atoms with Crippen molar-refractivity contribution >= 4 is 5.91 Å². The third kappa shape index (κ3) is 3.16. The number of nitrogens with two attached hydrogens (primary N) is 1. The quantitative estimate of drug-likeness (QED) is 0.790. The molecular weight excluding hydrogens is 194 g/mol. The van der Waals surface area contributed by atoms with Crippen LogP contribution in [0, 0.1) is 0 Å². The zero-order valence-electron chi connectivity index (χ0n) is 8.95. The van der Waals surface area contributed by atoms with Crippen LogP contribution >= 0.6 is 0 Å². The molecule has 0 radical (unpaired) electrons. The number of rotatable bonds is 5. The Morgan fingerprint density at radius 1 is 1.33 bits per heavy atom. The number of carbonyl (C=O) groups excluding carboxylic acids is 1. The van der Waals surface area contributed by atoms with E-state index < -0.39 is 0 Å². The van der Waals surface area contributed by atoms with Crippen LogP contribution in [0.1, 0.15) is 12.0 Å². The minimum Gasteiger partial charge on any atom is -0.497 e. The highest BCUT2D eigenvalue weighted by Gasteiger charge is 2.06. The maximum absolute atomic E-state index is 10.7. The summed E-state index contributed by atoms with van der Waals surface area (Å²) in [5.74, 6) is 1.14. The number of methoxy groups -OCH3 is 2. The van der Waals surface area contributed by atoms with Crippen molar-refractivity contribution < 1.29 is 14.3 Å². The molecule has 2 N–H and O–H groups in total. The Labute approximate surface area is 89.0 Å². The first-order valence-corrected chi connectivity index (χ1v) is 4.66. The molecule has 0 aromatic heterocycles. The van der Waals surface area contributed by atoms with E-state index in [9.17, 15) is 4.79 Å². The number of ether oxygens (including phenoxy) is 2. The van der Waals surface area contributed by atoms with Crippen molar-refractivity contribution in [2.45, 2.75) is 12.8 Å². The molecule has 1 amide bonds. The highest BCUT2D eigenvalue weighted by atomic mass is 16.5. The summed E-state index contributed by atoms with van der Waals surface area (Å²) < 4.78 is 10.3. The van der Waals surface area contributed by atoms with Crippen LogP contribution < -0.4 is 15.2 Å². The van der Waals surface area contributed by atoms with Crippen molar-refractivity contribution in [1.82, 2.24) is 0 Å². The van der Waals surface area contributed by atoms with Crippen LogP contribution in [-0.4, -0.2) is 20.1 Å². The topological polar surface area (TPSA) is 61.5 Å². The van der Waals surface area contributed by atoms with Crippen LogP contribution in [0.3, 0.4) is 0 Å². The first-order valence-electron chi connectivity index (χ1n) is 4.66. The SMILES string of the molecule is COc1ccc(CCC(N)=O)c(OC)c1. The molecule has 0 spiro atoms. The molecule has 0 aliphatic carbocycles. The highest BCUT2D eigenvalue weighted by molar-refractivity contribution is 5.74. The maximum atomic E-state index is 10.7. The average Bonchev–Trinajstić information content (AvgIpc) is 2.25. The molecule has 0 heterocycles. The molecule has 0 aliphatic rings. The van der Waals surface area contributed by atoms with Crippen LogP contribution in [-0.2, 0) is 11.2 Å². The molecule has 0 bridgehead atoms. The first kappa shape index (κ1) is 11.4. The van der Waals surface area contributed by atoms with Gasteiger partial charge in [0.2, 0.25) is 5.91 Å².